The van der Waals surface area contributed by atoms with Crippen LogP contribution in [0.3, 0.4) is 0 Å². The van der Waals surface area contributed by atoms with Crippen molar-refractivity contribution in [1.82, 2.24) is 5.32 Å². The average molecular weight is 369 g/mol. The van der Waals surface area contributed by atoms with Gasteiger partial charge in [0.1, 0.15) is 23.1 Å². The molecule has 0 atom stereocenters. The minimum atomic E-state index is -0.464. The van der Waals surface area contributed by atoms with Crippen LogP contribution in [0.25, 0.3) is 6.08 Å². The van der Waals surface area contributed by atoms with Crippen molar-refractivity contribution in [3.63, 3.8) is 0 Å². The highest BCUT2D eigenvalue weighted by Gasteiger charge is 2.12. The minimum absolute atomic E-state index is 0.0218. The first-order valence-corrected chi connectivity index (χ1v) is 7.17. The zero-order valence-electron chi connectivity index (χ0n) is 12.6. The Morgan fingerprint density at radius 3 is 2.55 bits per heavy atom. The number of benzene rings is 1. The van der Waals surface area contributed by atoms with Crippen LogP contribution in [-0.2, 0) is 9.53 Å². The van der Waals surface area contributed by atoms with E-state index in [0.29, 0.717) is 34.7 Å². The number of hydrogen-bond acceptors (Lipinski definition) is 5. The normalized spacial score (nSPS) is 10.8. The maximum atomic E-state index is 11.9. The molecule has 0 fully saturated rings. The Morgan fingerprint density at radius 2 is 2.00 bits per heavy atom. The second-order valence-corrected chi connectivity index (χ2v) is 5.00. The van der Waals surface area contributed by atoms with Crippen LogP contribution >= 0.6 is 15.9 Å². The van der Waals surface area contributed by atoms with E-state index in [-0.39, 0.29) is 5.57 Å². The highest BCUT2D eigenvalue weighted by Crippen LogP contribution is 2.33. The Balaban J connectivity index is 3.09. The lowest BCUT2D eigenvalue weighted by molar-refractivity contribution is -0.117. The number of amides is 1. The highest BCUT2D eigenvalue weighted by atomic mass is 79.9. The van der Waals surface area contributed by atoms with Gasteiger partial charge in [-0.1, -0.05) is 0 Å². The summed E-state index contributed by atoms with van der Waals surface area (Å²) in [6.07, 6.45) is 1.46. The largest absolute Gasteiger partial charge is 0.496 e. The van der Waals surface area contributed by atoms with Gasteiger partial charge in [0.25, 0.3) is 5.91 Å². The van der Waals surface area contributed by atoms with Crippen molar-refractivity contribution in [2.75, 3.05) is 34.5 Å². The fourth-order valence-corrected chi connectivity index (χ4v) is 2.19. The molecule has 1 rings (SSSR count). The zero-order valence-corrected chi connectivity index (χ0v) is 14.2. The lowest BCUT2D eigenvalue weighted by atomic mass is 10.1. The van der Waals surface area contributed by atoms with Crippen LogP contribution < -0.4 is 14.8 Å². The maximum Gasteiger partial charge on any atom is 0.262 e. The molecule has 0 saturated heterocycles. The molecular weight excluding hydrogens is 352 g/mol. The van der Waals surface area contributed by atoms with E-state index >= 15 is 0 Å². The molecule has 6 nitrogen and oxygen atoms in total. The topological polar surface area (TPSA) is 80.6 Å². The summed E-state index contributed by atoms with van der Waals surface area (Å²) in [5.74, 6) is 0.628. The van der Waals surface area contributed by atoms with Gasteiger partial charge in [-0.05, 0) is 28.1 Å². The molecule has 0 aliphatic carbocycles. The van der Waals surface area contributed by atoms with Gasteiger partial charge in [-0.3, -0.25) is 4.79 Å². The molecular formula is C15H17BrN2O4. The standard InChI is InChI=1S/C15H17BrN2O4/c1-20-5-4-18-15(19)11(9-17)6-10-7-12(16)14(22-3)8-13(10)21-2/h6-8H,4-5H2,1-3H3,(H,18,19)/b11-6+. The summed E-state index contributed by atoms with van der Waals surface area (Å²) in [5.41, 5.74) is 0.570. The first-order chi connectivity index (χ1) is 10.6. The fraction of sp³-hybridized carbons (Fsp3) is 0.333. The molecule has 1 N–H and O–H groups in total. The summed E-state index contributed by atoms with van der Waals surface area (Å²) in [5, 5.41) is 11.8. The fourth-order valence-electron chi connectivity index (χ4n) is 1.66. The summed E-state index contributed by atoms with van der Waals surface area (Å²) in [6, 6.07) is 5.28. The summed E-state index contributed by atoms with van der Waals surface area (Å²) >= 11 is 3.36. The first kappa shape index (κ1) is 18.0. The molecule has 0 unspecified atom stereocenters. The summed E-state index contributed by atoms with van der Waals surface area (Å²) in [6.45, 7) is 0.708. The molecule has 1 amide bonds. The molecule has 0 aliphatic rings. The van der Waals surface area contributed by atoms with Crippen LogP contribution in [0, 0.1) is 11.3 Å². The molecule has 0 bridgehead atoms. The van der Waals surface area contributed by atoms with Gasteiger partial charge in [-0.15, -0.1) is 0 Å². The Bertz CT molecular complexity index is 608. The van der Waals surface area contributed by atoms with Gasteiger partial charge in [-0.2, -0.15) is 5.26 Å². The molecule has 0 spiro atoms. The Kier molecular flexibility index (Phi) is 7.43. The Labute approximate surface area is 137 Å². The van der Waals surface area contributed by atoms with Crippen LogP contribution in [0.15, 0.2) is 22.2 Å². The van der Waals surface area contributed by atoms with E-state index in [0.717, 1.165) is 0 Å². The molecule has 1 aromatic rings. The lowest BCUT2D eigenvalue weighted by Crippen LogP contribution is -2.27. The molecule has 0 radical (unpaired) electrons. The number of halogens is 1. The quantitative estimate of drug-likeness (QED) is 0.453. The minimum Gasteiger partial charge on any atom is -0.496 e. The lowest BCUT2D eigenvalue weighted by Gasteiger charge is -2.10. The van der Waals surface area contributed by atoms with Gasteiger partial charge in [0, 0.05) is 25.3 Å². The number of methoxy groups -OCH3 is 3. The van der Waals surface area contributed by atoms with Crippen LogP contribution in [0.5, 0.6) is 11.5 Å². The van der Waals surface area contributed by atoms with Gasteiger partial charge in [-0.25, -0.2) is 0 Å². The molecule has 0 heterocycles. The molecule has 0 aliphatic heterocycles. The van der Waals surface area contributed by atoms with E-state index in [9.17, 15) is 4.79 Å². The van der Waals surface area contributed by atoms with Crippen molar-refractivity contribution >= 4 is 27.9 Å². The van der Waals surface area contributed by atoms with Gasteiger partial charge < -0.3 is 19.5 Å². The van der Waals surface area contributed by atoms with Crippen LogP contribution in [0.4, 0.5) is 0 Å². The second kappa shape index (κ2) is 9.07. The number of carbonyl (C=O) groups is 1. The van der Waals surface area contributed by atoms with Crippen LogP contribution in [0.1, 0.15) is 5.56 Å². The van der Waals surface area contributed by atoms with Gasteiger partial charge in [0.05, 0.1) is 25.3 Å². The van der Waals surface area contributed by atoms with Gasteiger partial charge in [0.15, 0.2) is 0 Å². The Hall–Kier alpha value is -2.04. The number of nitriles is 1. The predicted molar refractivity (Wildman–Crippen MR) is 85.7 cm³/mol. The van der Waals surface area contributed by atoms with Crippen molar-refractivity contribution in [3.05, 3.63) is 27.7 Å². The number of nitrogens with one attached hydrogen (secondary N) is 1. The van der Waals surface area contributed by atoms with E-state index in [1.54, 1.807) is 19.2 Å². The summed E-state index contributed by atoms with van der Waals surface area (Å²) in [7, 11) is 4.58. The summed E-state index contributed by atoms with van der Waals surface area (Å²) < 4.78 is 16.0. The van der Waals surface area contributed by atoms with Crippen LogP contribution in [0.2, 0.25) is 0 Å². The maximum absolute atomic E-state index is 11.9. The van der Waals surface area contributed by atoms with E-state index in [1.807, 2.05) is 6.07 Å². The third-order valence-corrected chi connectivity index (χ3v) is 3.38. The molecule has 1 aromatic carbocycles. The molecule has 0 aromatic heterocycles. The second-order valence-electron chi connectivity index (χ2n) is 4.15. The number of ether oxygens (including phenoxy) is 3. The third kappa shape index (κ3) is 4.76. The number of carbonyl (C=O) groups excluding carboxylic acids is 1. The highest BCUT2D eigenvalue weighted by molar-refractivity contribution is 9.10. The van der Waals surface area contributed by atoms with Crippen molar-refractivity contribution in [3.8, 4) is 17.6 Å². The number of hydrogen-bond donors (Lipinski definition) is 1. The van der Waals surface area contributed by atoms with Crippen molar-refractivity contribution in [2.24, 2.45) is 0 Å². The SMILES string of the molecule is COCCNC(=O)/C(C#N)=C/c1cc(Br)c(OC)cc1OC. The molecule has 118 valence electrons. The monoisotopic (exact) mass is 368 g/mol. The van der Waals surface area contributed by atoms with E-state index in [2.05, 4.69) is 21.2 Å². The van der Waals surface area contributed by atoms with Crippen molar-refractivity contribution in [2.45, 2.75) is 0 Å². The van der Waals surface area contributed by atoms with Gasteiger partial charge >= 0.3 is 0 Å². The number of rotatable bonds is 7. The van der Waals surface area contributed by atoms with Crippen molar-refractivity contribution < 1.29 is 19.0 Å². The average Bonchev–Trinajstić information content (AvgIpc) is 2.52. The van der Waals surface area contributed by atoms with E-state index in [4.69, 9.17) is 19.5 Å². The summed E-state index contributed by atoms with van der Waals surface area (Å²) in [4.78, 5) is 11.9. The van der Waals surface area contributed by atoms with E-state index in [1.165, 1.54) is 20.3 Å². The molecule has 0 saturated carbocycles. The molecule has 22 heavy (non-hydrogen) atoms. The third-order valence-electron chi connectivity index (χ3n) is 2.76. The Morgan fingerprint density at radius 1 is 1.32 bits per heavy atom. The van der Waals surface area contributed by atoms with Gasteiger partial charge in [0.2, 0.25) is 0 Å². The smallest absolute Gasteiger partial charge is 0.262 e. The first-order valence-electron chi connectivity index (χ1n) is 6.37. The van der Waals surface area contributed by atoms with Crippen molar-refractivity contribution in [1.29, 1.82) is 5.26 Å². The zero-order chi connectivity index (χ0) is 16.5. The predicted octanol–water partition coefficient (Wildman–Crippen LogP) is 2.14. The van der Waals surface area contributed by atoms with E-state index < -0.39 is 5.91 Å². The molecule has 7 heteroatoms. The number of nitrogens with zero attached hydrogens (tertiary/aromatic N) is 1. The van der Waals surface area contributed by atoms with Crippen LogP contribution in [-0.4, -0.2) is 40.4 Å².